The van der Waals surface area contributed by atoms with Crippen LogP contribution < -0.4 is 4.90 Å². The fourth-order valence-corrected chi connectivity index (χ4v) is 2.95. The molecule has 2 fully saturated rings. The summed E-state index contributed by atoms with van der Waals surface area (Å²) in [5.41, 5.74) is 0. The Hall–Kier alpha value is -1.36. The molecule has 2 aliphatic heterocycles. The summed E-state index contributed by atoms with van der Waals surface area (Å²) >= 11 is 1.42. The quantitative estimate of drug-likeness (QED) is 0.678. The number of thiophene rings is 1. The van der Waals surface area contributed by atoms with E-state index in [2.05, 4.69) is 0 Å². The summed E-state index contributed by atoms with van der Waals surface area (Å²) < 4.78 is 0. The van der Waals surface area contributed by atoms with Gasteiger partial charge in [0.05, 0.1) is 0 Å². The van der Waals surface area contributed by atoms with Crippen molar-refractivity contribution in [3.63, 3.8) is 0 Å². The zero-order chi connectivity index (χ0) is 10.4. The molecule has 1 atom stereocenters. The Balaban J connectivity index is 1.99. The molecule has 5 heteroatoms. The Labute approximate surface area is 91.1 Å². The predicted octanol–water partition coefficient (Wildman–Crippen LogP) is 1.68. The van der Waals surface area contributed by atoms with Crippen LogP contribution >= 0.6 is 11.3 Å². The third-order valence-corrected chi connectivity index (χ3v) is 3.78. The molecule has 0 bridgehead atoms. The summed E-state index contributed by atoms with van der Waals surface area (Å²) in [6.07, 6.45) is 1.76. The van der Waals surface area contributed by atoms with E-state index >= 15 is 0 Å². The average molecular weight is 222 g/mol. The summed E-state index contributed by atoms with van der Waals surface area (Å²) in [7, 11) is 0. The van der Waals surface area contributed by atoms with Gasteiger partial charge in [-0.05, 0) is 30.4 Å². The molecule has 78 valence electrons. The van der Waals surface area contributed by atoms with E-state index in [1.807, 2.05) is 17.5 Å². The standard InChI is InChI=1S/C10H10N2O2S/c13-9-7-3-1-5-11(7)10(14)12(9)8-4-2-6-15-8/h2,4,6-7H,1,3,5H2. The second-order valence-electron chi connectivity index (χ2n) is 3.76. The molecular formula is C10H10N2O2S. The molecule has 3 heterocycles. The Morgan fingerprint density at radius 3 is 2.93 bits per heavy atom. The number of carbonyl (C=O) groups excluding carboxylic acids is 2. The molecule has 3 amide bonds. The minimum Gasteiger partial charge on any atom is -0.312 e. The number of amides is 3. The van der Waals surface area contributed by atoms with Crippen molar-refractivity contribution < 1.29 is 9.59 Å². The lowest BCUT2D eigenvalue weighted by Crippen LogP contribution is -2.32. The van der Waals surface area contributed by atoms with Gasteiger partial charge in [-0.2, -0.15) is 0 Å². The number of urea groups is 1. The van der Waals surface area contributed by atoms with E-state index in [9.17, 15) is 9.59 Å². The number of anilines is 1. The summed E-state index contributed by atoms with van der Waals surface area (Å²) in [6, 6.07) is 3.32. The number of carbonyl (C=O) groups is 2. The van der Waals surface area contributed by atoms with Crippen LogP contribution in [0.25, 0.3) is 0 Å². The molecule has 1 aromatic heterocycles. The molecule has 1 aromatic rings. The first-order valence-electron chi connectivity index (χ1n) is 4.97. The first kappa shape index (κ1) is 8.91. The van der Waals surface area contributed by atoms with Crippen LogP contribution in [0.4, 0.5) is 9.80 Å². The van der Waals surface area contributed by atoms with E-state index in [0.29, 0.717) is 0 Å². The third kappa shape index (κ3) is 1.13. The maximum absolute atomic E-state index is 12.0. The van der Waals surface area contributed by atoms with Gasteiger partial charge in [0.1, 0.15) is 11.0 Å². The molecule has 0 saturated carbocycles. The summed E-state index contributed by atoms with van der Waals surface area (Å²) in [5, 5.41) is 2.61. The molecule has 2 aliphatic rings. The zero-order valence-corrected chi connectivity index (χ0v) is 8.87. The van der Waals surface area contributed by atoms with Crippen LogP contribution in [0.2, 0.25) is 0 Å². The Bertz CT molecular complexity index is 393. The van der Waals surface area contributed by atoms with Gasteiger partial charge < -0.3 is 4.90 Å². The number of rotatable bonds is 1. The van der Waals surface area contributed by atoms with Gasteiger partial charge in [0.2, 0.25) is 0 Å². The van der Waals surface area contributed by atoms with Crippen molar-refractivity contribution in [2.75, 3.05) is 11.4 Å². The lowest BCUT2D eigenvalue weighted by molar-refractivity contribution is -0.119. The largest absolute Gasteiger partial charge is 0.332 e. The first-order chi connectivity index (χ1) is 7.29. The molecule has 15 heavy (non-hydrogen) atoms. The van der Waals surface area contributed by atoms with E-state index in [1.54, 1.807) is 4.90 Å². The smallest absolute Gasteiger partial charge is 0.312 e. The number of nitrogens with zero attached hydrogens (tertiary/aromatic N) is 2. The van der Waals surface area contributed by atoms with Crippen molar-refractivity contribution in [3.8, 4) is 0 Å². The minimum absolute atomic E-state index is 0.0556. The molecule has 1 unspecified atom stereocenters. The summed E-state index contributed by atoms with van der Waals surface area (Å²) in [4.78, 5) is 26.9. The van der Waals surface area contributed by atoms with Gasteiger partial charge in [-0.3, -0.25) is 4.79 Å². The lowest BCUT2D eigenvalue weighted by Gasteiger charge is -2.12. The van der Waals surface area contributed by atoms with Gasteiger partial charge >= 0.3 is 6.03 Å². The molecular weight excluding hydrogens is 212 g/mol. The Morgan fingerprint density at radius 2 is 2.27 bits per heavy atom. The second-order valence-corrected chi connectivity index (χ2v) is 4.69. The van der Waals surface area contributed by atoms with Crippen molar-refractivity contribution >= 4 is 28.3 Å². The summed E-state index contributed by atoms with van der Waals surface area (Å²) in [6.45, 7) is 0.719. The number of hydrogen-bond donors (Lipinski definition) is 0. The van der Waals surface area contributed by atoms with Crippen LogP contribution in [-0.2, 0) is 4.79 Å². The maximum atomic E-state index is 12.0. The predicted molar refractivity (Wildman–Crippen MR) is 56.9 cm³/mol. The fourth-order valence-electron chi connectivity index (χ4n) is 2.22. The number of imide groups is 1. The molecule has 2 saturated heterocycles. The van der Waals surface area contributed by atoms with Gasteiger partial charge in [0.15, 0.2) is 0 Å². The van der Waals surface area contributed by atoms with Crippen molar-refractivity contribution in [1.29, 1.82) is 0 Å². The van der Waals surface area contributed by atoms with Crippen LogP contribution in [0.15, 0.2) is 17.5 Å². The Kier molecular flexibility index (Phi) is 1.82. The van der Waals surface area contributed by atoms with E-state index < -0.39 is 0 Å². The second kappa shape index (κ2) is 3.06. The van der Waals surface area contributed by atoms with Crippen molar-refractivity contribution in [3.05, 3.63) is 17.5 Å². The SMILES string of the molecule is O=C1C2CCCN2C(=O)N1c1cccs1. The topological polar surface area (TPSA) is 40.6 Å². The van der Waals surface area contributed by atoms with Gasteiger partial charge in [0.25, 0.3) is 5.91 Å². The van der Waals surface area contributed by atoms with Gasteiger partial charge in [-0.15, -0.1) is 11.3 Å². The molecule has 0 radical (unpaired) electrons. The number of hydrogen-bond acceptors (Lipinski definition) is 3. The van der Waals surface area contributed by atoms with E-state index in [0.717, 1.165) is 24.4 Å². The van der Waals surface area contributed by atoms with Crippen LogP contribution in [-0.4, -0.2) is 29.4 Å². The van der Waals surface area contributed by atoms with Crippen molar-refractivity contribution in [2.24, 2.45) is 0 Å². The first-order valence-corrected chi connectivity index (χ1v) is 5.85. The highest BCUT2D eigenvalue weighted by Gasteiger charge is 2.48. The maximum Gasteiger partial charge on any atom is 0.332 e. The van der Waals surface area contributed by atoms with Crippen LogP contribution in [0.1, 0.15) is 12.8 Å². The van der Waals surface area contributed by atoms with Gasteiger partial charge in [-0.25, -0.2) is 9.69 Å². The minimum atomic E-state index is -0.195. The molecule has 0 aliphatic carbocycles. The van der Waals surface area contributed by atoms with Crippen molar-refractivity contribution in [2.45, 2.75) is 18.9 Å². The third-order valence-electron chi connectivity index (χ3n) is 2.92. The highest BCUT2D eigenvalue weighted by molar-refractivity contribution is 7.14. The molecule has 3 rings (SSSR count). The van der Waals surface area contributed by atoms with E-state index in [-0.39, 0.29) is 18.0 Å². The summed E-state index contributed by atoms with van der Waals surface area (Å²) in [5.74, 6) is -0.0556. The zero-order valence-electron chi connectivity index (χ0n) is 8.05. The van der Waals surface area contributed by atoms with Crippen LogP contribution in [0.5, 0.6) is 0 Å². The van der Waals surface area contributed by atoms with E-state index in [4.69, 9.17) is 0 Å². The molecule has 0 N–H and O–H groups in total. The molecule has 4 nitrogen and oxygen atoms in total. The lowest BCUT2D eigenvalue weighted by atomic mass is 10.2. The highest BCUT2D eigenvalue weighted by atomic mass is 32.1. The van der Waals surface area contributed by atoms with E-state index in [1.165, 1.54) is 16.2 Å². The molecule has 0 spiro atoms. The Morgan fingerprint density at radius 1 is 1.40 bits per heavy atom. The monoisotopic (exact) mass is 222 g/mol. The fraction of sp³-hybridized carbons (Fsp3) is 0.400. The normalized spacial score (nSPS) is 25.2. The van der Waals surface area contributed by atoms with Crippen LogP contribution in [0.3, 0.4) is 0 Å². The number of fused-ring (bicyclic) bond motifs is 1. The van der Waals surface area contributed by atoms with Crippen molar-refractivity contribution in [1.82, 2.24) is 4.90 Å². The highest BCUT2D eigenvalue weighted by Crippen LogP contribution is 2.33. The van der Waals surface area contributed by atoms with Gasteiger partial charge in [0, 0.05) is 6.54 Å². The van der Waals surface area contributed by atoms with Crippen LogP contribution in [0, 0.1) is 0 Å². The van der Waals surface area contributed by atoms with Gasteiger partial charge in [-0.1, -0.05) is 0 Å². The molecule has 0 aromatic carbocycles. The average Bonchev–Trinajstić information content (AvgIpc) is 2.89.